The molecule has 2 amide bonds. The molecule has 0 fully saturated rings. The van der Waals surface area contributed by atoms with E-state index in [2.05, 4.69) is 15.8 Å². The lowest BCUT2D eigenvalue weighted by Gasteiger charge is -2.08. The van der Waals surface area contributed by atoms with E-state index in [-0.39, 0.29) is 28.1 Å². The summed E-state index contributed by atoms with van der Waals surface area (Å²) in [5, 5.41) is 27.3. The number of phenolic OH excluding ortho intramolecular Hbond substituents is 1. The van der Waals surface area contributed by atoms with Gasteiger partial charge in [0.2, 0.25) is 5.75 Å². The lowest BCUT2D eigenvalue weighted by Crippen LogP contribution is -2.18. The molecule has 0 heterocycles. The summed E-state index contributed by atoms with van der Waals surface area (Å²) in [4.78, 5) is 34.9. The van der Waals surface area contributed by atoms with E-state index in [4.69, 9.17) is 4.74 Å². The van der Waals surface area contributed by atoms with E-state index in [1.54, 1.807) is 0 Å². The fraction of sp³-hybridized carbons (Fsp3) is 0.0455. The first kappa shape index (κ1) is 22.9. The van der Waals surface area contributed by atoms with E-state index in [0.717, 1.165) is 18.3 Å². The molecule has 10 nitrogen and oxygen atoms in total. The van der Waals surface area contributed by atoms with Gasteiger partial charge < -0.3 is 15.2 Å². The summed E-state index contributed by atoms with van der Waals surface area (Å²) in [6.45, 7) is 0. The minimum Gasteiger partial charge on any atom is -0.502 e. The minimum atomic E-state index is -0.783. The quantitative estimate of drug-likeness (QED) is 0.285. The summed E-state index contributed by atoms with van der Waals surface area (Å²) < 4.78 is 18.7. The van der Waals surface area contributed by atoms with E-state index in [0.29, 0.717) is 0 Å². The van der Waals surface area contributed by atoms with Crippen molar-refractivity contribution in [3.8, 4) is 11.5 Å². The number of nitrogens with zero attached hydrogens (tertiary/aromatic N) is 2. The number of aromatic hydroxyl groups is 1. The highest BCUT2D eigenvalue weighted by molar-refractivity contribution is 6.05. The molecular weight excluding hydrogens is 435 g/mol. The molecule has 0 aliphatic carbocycles. The van der Waals surface area contributed by atoms with Crippen LogP contribution < -0.4 is 15.5 Å². The molecule has 0 spiro atoms. The van der Waals surface area contributed by atoms with Gasteiger partial charge in [0.15, 0.2) is 0 Å². The van der Waals surface area contributed by atoms with Gasteiger partial charge in [0.05, 0.1) is 29.9 Å². The first-order valence-corrected chi connectivity index (χ1v) is 9.35. The Morgan fingerprint density at radius 3 is 2.58 bits per heavy atom. The Balaban J connectivity index is 1.72. The van der Waals surface area contributed by atoms with Crippen LogP contribution in [0.1, 0.15) is 26.3 Å². The number of ether oxygens (including phenoxy) is 1. The minimum absolute atomic E-state index is 0.0488. The first-order chi connectivity index (χ1) is 15.8. The highest BCUT2D eigenvalue weighted by atomic mass is 19.1. The Hall–Kier alpha value is -4.80. The van der Waals surface area contributed by atoms with E-state index >= 15 is 0 Å². The van der Waals surface area contributed by atoms with Crippen LogP contribution in [0.5, 0.6) is 11.5 Å². The summed E-state index contributed by atoms with van der Waals surface area (Å²) in [5.41, 5.74) is 1.81. The zero-order valence-corrected chi connectivity index (χ0v) is 17.1. The van der Waals surface area contributed by atoms with Crippen molar-refractivity contribution in [1.29, 1.82) is 0 Å². The summed E-state index contributed by atoms with van der Waals surface area (Å²) in [5.74, 6) is -2.55. The predicted molar refractivity (Wildman–Crippen MR) is 117 cm³/mol. The van der Waals surface area contributed by atoms with Crippen molar-refractivity contribution in [2.75, 3.05) is 12.4 Å². The number of hydrazone groups is 1. The normalized spacial score (nSPS) is 10.6. The van der Waals surface area contributed by atoms with Gasteiger partial charge in [-0.25, -0.2) is 9.82 Å². The average Bonchev–Trinajstić information content (AvgIpc) is 2.80. The highest BCUT2D eigenvalue weighted by Crippen LogP contribution is 2.33. The third-order valence-electron chi connectivity index (χ3n) is 4.40. The fourth-order valence-corrected chi connectivity index (χ4v) is 2.78. The smallest absolute Gasteiger partial charge is 0.315 e. The second-order valence-electron chi connectivity index (χ2n) is 6.56. The lowest BCUT2D eigenvalue weighted by molar-refractivity contribution is -0.385. The van der Waals surface area contributed by atoms with Gasteiger partial charge in [0.25, 0.3) is 11.8 Å². The molecule has 0 aromatic heterocycles. The second kappa shape index (κ2) is 10.0. The van der Waals surface area contributed by atoms with Gasteiger partial charge >= 0.3 is 5.69 Å². The van der Waals surface area contributed by atoms with Crippen LogP contribution in [-0.2, 0) is 0 Å². The Bertz CT molecular complexity index is 1260. The zero-order chi connectivity index (χ0) is 24.0. The van der Waals surface area contributed by atoms with Gasteiger partial charge in [-0.2, -0.15) is 5.10 Å². The van der Waals surface area contributed by atoms with Gasteiger partial charge in [-0.15, -0.1) is 0 Å². The topological polar surface area (TPSA) is 143 Å². The number of rotatable bonds is 7. The van der Waals surface area contributed by atoms with E-state index < -0.39 is 34.0 Å². The number of hydrogen-bond donors (Lipinski definition) is 3. The van der Waals surface area contributed by atoms with Crippen molar-refractivity contribution < 1.29 is 28.7 Å². The van der Waals surface area contributed by atoms with Crippen LogP contribution in [0.4, 0.5) is 15.8 Å². The number of carbonyl (C=O) groups is 2. The fourth-order valence-electron chi connectivity index (χ4n) is 2.78. The molecule has 0 saturated heterocycles. The molecule has 0 bridgehead atoms. The first-order valence-electron chi connectivity index (χ1n) is 9.35. The van der Waals surface area contributed by atoms with E-state index in [1.165, 1.54) is 55.6 Å². The molecule has 0 aliphatic heterocycles. The van der Waals surface area contributed by atoms with Gasteiger partial charge in [-0.3, -0.25) is 19.7 Å². The Kier molecular flexibility index (Phi) is 6.94. The van der Waals surface area contributed by atoms with Crippen LogP contribution in [0.3, 0.4) is 0 Å². The molecule has 3 aromatic carbocycles. The Morgan fingerprint density at radius 2 is 1.88 bits per heavy atom. The predicted octanol–water partition coefficient (Wildman–Crippen LogP) is 3.46. The maximum absolute atomic E-state index is 13.8. The highest BCUT2D eigenvalue weighted by Gasteiger charge is 2.19. The number of phenols is 1. The molecule has 168 valence electrons. The molecule has 3 rings (SSSR count). The SMILES string of the molecule is COc1cc(/C=N/NC(=O)c2cccc(NC(=O)c3ccccc3F)c2)c(O)c([N+](=O)[O-])c1. The number of carbonyl (C=O) groups excluding carboxylic acids is 2. The Labute approximate surface area is 186 Å². The van der Waals surface area contributed by atoms with Crippen molar-refractivity contribution in [1.82, 2.24) is 5.43 Å². The van der Waals surface area contributed by atoms with E-state index in [9.17, 15) is 29.2 Å². The van der Waals surface area contributed by atoms with Gasteiger partial charge in [0.1, 0.15) is 11.6 Å². The van der Waals surface area contributed by atoms with Crippen LogP contribution in [0.2, 0.25) is 0 Å². The van der Waals surface area contributed by atoms with Gasteiger partial charge in [0, 0.05) is 16.8 Å². The average molecular weight is 452 g/mol. The number of amides is 2. The van der Waals surface area contributed by atoms with Crippen LogP contribution in [0.25, 0.3) is 0 Å². The molecule has 3 aromatic rings. The number of nitrogens with one attached hydrogen (secondary N) is 2. The molecule has 0 atom stereocenters. The number of nitro groups is 1. The van der Waals surface area contributed by atoms with Crippen LogP contribution >= 0.6 is 0 Å². The lowest BCUT2D eigenvalue weighted by atomic mass is 10.1. The summed E-state index contributed by atoms with van der Waals surface area (Å²) in [6, 6.07) is 13.7. The molecule has 33 heavy (non-hydrogen) atoms. The van der Waals surface area contributed by atoms with Gasteiger partial charge in [-0.05, 0) is 36.4 Å². The molecule has 0 unspecified atom stereocenters. The van der Waals surface area contributed by atoms with Crippen molar-refractivity contribution in [3.63, 3.8) is 0 Å². The van der Waals surface area contributed by atoms with E-state index in [1.807, 2.05) is 0 Å². The molecule has 0 radical (unpaired) electrons. The summed E-state index contributed by atoms with van der Waals surface area (Å²) >= 11 is 0. The maximum Gasteiger partial charge on any atom is 0.315 e. The third-order valence-corrected chi connectivity index (χ3v) is 4.40. The molecule has 11 heteroatoms. The standard InChI is InChI=1S/C22H17FN4O6/c1-33-16-10-14(20(28)19(11-16)27(31)32)12-24-26-21(29)13-5-4-6-15(9-13)25-22(30)17-7-2-3-8-18(17)23/h2-12,28H,1H3,(H,25,30)(H,26,29)/b24-12+. The van der Waals surface area contributed by atoms with Gasteiger partial charge in [-0.1, -0.05) is 18.2 Å². The Morgan fingerprint density at radius 1 is 1.12 bits per heavy atom. The number of benzene rings is 3. The van der Waals surface area contributed by atoms with Crippen LogP contribution in [0, 0.1) is 15.9 Å². The number of nitro benzene ring substituents is 1. The van der Waals surface area contributed by atoms with Crippen molar-refractivity contribution in [3.05, 3.63) is 93.3 Å². The number of anilines is 1. The second-order valence-corrected chi connectivity index (χ2v) is 6.56. The van der Waals surface area contributed by atoms with Crippen molar-refractivity contribution in [2.45, 2.75) is 0 Å². The molecule has 3 N–H and O–H groups in total. The third kappa shape index (κ3) is 5.47. The van der Waals surface area contributed by atoms with Crippen LogP contribution in [0.15, 0.2) is 65.8 Å². The largest absolute Gasteiger partial charge is 0.502 e. The molecule has 0 saturated carbocycles. The zero-order valence-electron chi connectivity index (χ0n) is 17.1. The molecular formula is C22H17FN4O6. The summed E-state index contributed by atoms with van der Waals surface area (Å²) in [7, 11) is 1.30. The molecule has 0 aliphatic rings. The van der Waals surface area contributed by atoms with Crippen LogP contribution in [-0.4, -0.2) is 35.2 Å². The summed E-state index contributed by atoms with van der Waals surface area (Å²) in [6.07, 6.45) is 1.02. The number of hydrogen-bond acceptors (Lipinski definition) is 7. The number of halogens is 1. The maximum atomic E-state index is 13.8. The van der Waals surface area contributed by atoms with Crippen molar-refractivity contribution in [2.24, 2.45) is 5.10 Å². The number of methoxy groups -OCH3 is 1. The monoisotopic (exact) mass is 452 g/mol. The van der Waals surface area contributed by atoms with Crippen molar-refractivity contribution >= 4 is 29.4 Å².